The molecule has 1 atom stereocenters. The highest BCUT2D eigenvalue weighted by molar-refractivity contribution is 7.98. The Hall–Kier alpha value is -2.45. The quantitative estimate of drug-likeness (QED) is 0.222. The molecule has 0 spiro atoms. The largest absolute Gasteiger partial charge is 0.299 e. The van der Waals surface area contributed by atoms with Crippen molar-refractivity contribution in [3.8, 4) is 0 Å². The molecule has 1 aliphatic carbocycles. The van der Waals surface area contributed by atoms with Crippen LogP contribution in [0.4, 0.5) is 0 Å². The van der Waals surface area contributed by atoms with Crippen molar-refractivity contribution in [3.63, 3.8) is 0 Å². The van der Waals surface area contributed by atoms with E-state index in [2.05, 4.69) is 13.8 Å². The first-order chi connectivity index (χ1) is 16.0. The van der Waals surface area contributed by atoms with E-state index in [1.165, 1.54) is 35.0 Å². The fourth-order valence-corrected chi connectivity index (χ4v) is 6.95. The number of hydrogen-bond donors (Lipinski definition) is 0. The smallest absolute Gasteiger partial charge is 0.263 e. The number of fused-ring (bicyclic) bond motifs is 4. The molecule has 0 aliphatic heterocycles. The number of aromatic nitrogens is 4. The molecule has 5 rings (SSSR count). The fraction of sp³-hybridized carbons (Fsp3) is 0.440. The van der Waals surface area contributed by atoms with Crippen LogP contribution in [0.5, 0.6) is 0 Å². The van der Waals surface area contributed by atoms with Crippen LogP contribution in [-0.4, -0.2) is 19.1 Å². The summed E-state index contributed by atoms with van der Waals surface area (Å²) in [5, 5.41) is 2.16. The van der Waals surface area contributed by atoms with Crippen LogP contribution in [0.2, 0.25) is 0 Å². The van der Waals surface area contributed by atoms with Gasteiger partial charge in [-0.3, -0.25) is 18.7 Å². The van der Waals surface area contributed by atoms with Crippen molar-refractivity contribution >= 4 is 44.2 Å². The van der Waals surface area contributed by atoms with Gasteiger partial charge in [0.2, 0.25) is 0 Å². The molecule has 0 fully saturated rings. The first-order valence-corrected chi connectivity index (χ1v) is 13.4. The molecule has 0 saturated carbocycles. The topological polar surface area (TPSA) is 69.8 Å². The van der Waals surface area contributed by atoms with Gasteiger partial charge in [-0.05, 0) is 56.7 Å². The van der Waals surface area contributed by atoms with E-state index in [-0.39, 0.29) is 17.2 Å². The average molecular weight is 481 g/mol. The van der Waals surface area contributed by atoms with E-state index in [4.69, 9.17) is 9.97 Å². The number of nitrogens with zero attached hydrogens (tertiary/aromatic N) is 4. The van der Waals surface area contributed by atoms with E-state index in [0.29, 0.717) is 27.6 Å². The van der Waals surface area contributed by atoms with Crippen LogP contribution in [-0.2, 0) is 25.6 Å². The summed E-state index contributed by atoms with van der Waals surface area (Å²) in [6, 6.07) is 7.46. The van der Waals surface area contributed by atoms with E-state index in [0.717, 1.165) is 35.9 Å². The average Bonchev–Trinajstić information content (AvgIpc) is 3.01. The van der Waals surface area contributed by atoms with E-state index in [9.17, 15) is 9.59 Å². The van der Waals surface area contributed by atoms with Gasteiger partial charge in [0.15, 0.2) is 5.16 Å². The number of benzene rings is 1. The molecule has 0 saturated heterocycles. The molecular formula is C25H28N4O2S2. The zero-order valence-corrected chi connectivity index (χ0v) is 20.9. The van der Waals surface area contributed by atoms with Gasteiger partial charge < -0.3 is 0 Å². The van der Waals surface area contributed by atoms with Gasteiger partial charge in [0.25, 0.3) is 11.1 Å². The van der Waals surface area contributed by atoms with Gasteiger partial charge >= 0.3 is 0 Å². The van der Waals surface area contributed by atoms with Crippen LogP contribution in [0, 0.1) is 0 Å². The van der Waals surface area contributed by atoms with E-state index in [1.807, 2.05) is 22.8 Å². The van der Waals surface area contributed by atoms with Crippen LogP contribution in [0.15, 0.2) is 39.0 Å². The summed E-state index contributed by atoms with van der Waals surface area (Å²) in [5.74, 6) is 1.14. The first kappa shape index (κ1) is 22.3. The summed E-state index contributed by atoms with van der Waals surface area (Å²) < 4.78 is 3.47. The van der Waals surface area contributed by atoms with Gasteiger partial charge in [-0.25, -0.2) is 9.97 Å². The second-order valence-electron chi connectivity index (χ2n) is 8.77. The number of aryl methyl sites for hydroxylation is 2. The summed E-state index contributed by atoms with van der Waals surface area (Å²) >= 11 is 3.18. The lowest BCUT2D eigenvalue weighted by Gasteiger charge is -2.18. The molecule has 0 N–H and O–H groups in total. The molecule has 1 unspecified atom stereocenters. The minimum Gasteiger partial charge on any atom is -0.299 e. The standard InChI is InChI=1S/C25H28N4O2S2/c1-4-15(2)29-24(31)21-17-11-6-5-7-13-19(17)33-22(21)27-25(29)32-14-20-26-18-12-9-8-10-16(18)23(30)28(20)3/h8-10,12,15H,4-7,11,13-14H2,1-3H3. The van der Waals surface area contributed by atoms with Gasteiger partial charge in [-0.1, -0.05) is 37.2 Å². The lowest BCUT2D eigenvalue weighted by Crippen LogP contribution is -2.26. The van der Waals surface area contributed by atoms with Gasteiger partial charge in [-0.15, -0.1) is 11.3 Å². The number of thiophene rings is 1. The Kier molecular flexibility index (Phi) is 6.14. The molecule has 0 radical (unpaired) electrons. The second kappa shape index (κ2) is 9.06. The van der Waals surface area contributed by atoms with E-state index >= 15 is 0 Å². The molecular weight excluding hydrogens is 452 g/mol. The predicted octanol–water partition coefficient (Wildman–Crippen LogP) is 5.24. The molecule has 3 aromatic heterocycles. The highest BCUT2D eigenvalue weighted by Gasteiger charge is 2.23. The van der Waals surface area contributed by atoms with Crippen LogP contribution in [0.3, 0.4) is 0 Å². The summed E-state index contributed by atoms with van der Waals surface area (Å²) in [4.78, 5) is 38.5. The minimum absolute atomic E-state index is 0.0478. The van der Waals surface area contributed by atoms with Crippen LogP contribution < -0.4 is 11.1 Å². The monoisotopic (exact) mass is 480 g/mol. The number of para-hydroxylation sites is 1. The Labute approximate surface area is 200 Å². The van der Waals surface area contributed by atoms with Crippen molar-refractivity contribution in [3.05, 3.63) is 61.2 Å². The molecule has 6 nitrogen and oxygen atoms in total. The molecule has 0 bridgehead atoms. The molecule has 1 aromatic carbocycles. The number of thioether (sulfide) groups is 1. The maximum absolute atomic E-state index is 13.7. The summed E-state index contributed by atoms with van der Waals surface area (Å²) in [5.41, 5.74) is 1.95. The highest BCUT2D eigenvalue weighted by Crippen LogP contribution is 2.35. The van der Waals surface area contributed by atoms with Gasteiger partial charge in [0.05, 0.1) is 22.0 Å². The summed E-state index contributed by atoms with van der Waals surface area (Å²) in [6.45, 7) is 4.17. The van der Waals surface area contributed by atoms with Crippen molar-refractivity contribution in [2.75, 3.05) is 0 Å². The Morgan fingerprint density at radius 2 is 1.88 bits per heavy atom. The molecule has 33 heavy (non-hydrogen) atoms. The van der Waals surface area contributed by atoms with Gasteiger partial charge in [0.1, 0.15) is 10.7 Å². The number of hydrogen-bond acceptors (Lipinski definition) is 6. The van der Waals surface area contributed by atoms with Crippen molar-refractivity contribution in [1.82, 2.24) is 19.1 Å². The minimum atomic E-state index is -0.0547. The molecule has 0 amide bonds. The fourth-order valence-electron chi connectivity index (χ4n) is 4.57. The third-order valence-electron chi connectivity index (χ3n) is 6.68. The Morgan fingerprint density at radius 3 is 2.70 bits per heavy atom. The first-order valence-electron chi connectivity index (χ1n) is 11.6. The van der Waals surface area contributed by atoms with Crippen LogP contribution in [0.1, 0.15) is 61.8 Å². The Bertz CT molecular complexity index is 1470. The lowest BCUT2D eigenvalue weighted by atomic mass is 10.1. The Morgan fingerprint density at radius 1 is 1.09 bits per heavy atom. The van der Waals surface area contributed by atoms with Crippen molar-refractivity contribution in [2.24, 2.45) is 7.05 Å². The van der Waals surface area contributed by atoms with Crippen molar-refractivity contribution < 1.29 is 0 Å². The normalized spacial score (nSPS) is 15.0. The lowest BCUT2D eigenvalue weighted by molar-refractivity contribution is 0.468. The molecule has 3 heterocycles. The van der Waals surface area contributed by atoms with E-state index in [1.54, 1.807) is 29.0 Å². The Balaban J connectivity index is 1.59. The highest BCUT2D eigenvalue weighted by atomic mass is 32.2. The van der Waals surface area contributed by atoms with E-state index < -0.39 is 0 Å². The summed E-state index contributed by atoms with van der Waals surface area (Å²) in [6.07, 6.45) is 6.41. The summed E-state index contributed by atoms with van der Waals surface area (Å²) in [7, 11) is 1.76. The maximum atomic E-state index is 13.7. The van der Waals surface area contributed by atoms with Crippen LogP contribution in [0.25, 0.3) is 21.1 Å². The molecule has 172 valence electrons. The third kappa shape index (κ3) is 3.93. The van der Waals surface area contributed by atoms with Crippen molar-refractivity contribution in [2.45, 2.75) is 69.3 Å². The predicted molar refractivity (Wildman–Crippen MR) is 137 cm³/mol. The van der Waals surface area contributed by atoms with Gasteiger partial charge in [-0.2, -0.15) is 0 Å². The third-order valence-corrected chi connectivity index (χ3v) is 8.81. The SMILES string of the molecule is CCC(C)n1c(SCc2nc3ccccc3c(=O)n2C)nc2sc3c(c2c1=O)CCCCC3. The molecule has 1 aliphatic rings. The zero-order valence-electron chi connectivity index (χ0n) is 19.3. The molecule has 8 heteroatoms. The van der Waals surface area contributed by atoms with Crippen LogP contribution >= 0.6 is 23.1 Å². The maximum Gasteiger partial charge on any atom is 0.263 e. The zero-order chi connectivity index (χ0) is 23.1. The van der Waals surface area contributed by atoms with Crippen molar-refractivity contribution in [1.29, 1.82) is 0 Å². The molecule has 4 aromatic rings. The number of rotatable bonds is 5. The second-order valence-corrected chi connectivity index (χ2v) is 10.8. The van der Waals surface area contributed by atoms with Gasteiger partial charge in [0, 0.05) is 18.0 Å².